The number of pyridine rings is 1. The standard InChI is InChI=1S/C16H25N3O3/c1-16(2,3)22-15(20)19-13-8-12(9-13)18-10-11-6-5-7-17-14(11)21-4/h5-7,12-13,18H,8-10H2,1-4H3,(H,19,20). The van der Waals surface area contributed by atoms with Gasteiger partial charge in [0.05, 0.1) is 7.11 Å². The van der Waals surface area contributed by atoms with E-state index in [1.165, 1.54) is 0 Å². The van der Waals surface area contributed by atoms with Crippen molar-refractivity contribution in [1.29, 1.82) is 0 Å². The monoisotopic (exact) mass is 307 g/mol. The molecular formula is C16H25N3O3. The lowest BCUT2D eigenvalue weighted by Crippen LogP contribution is -2.53. The molecule has 0 aliphatic heterocycles. The topological polar surface area (TPSA) is 72.5 Å². The summed E-state index contributed by atoms with van der Waals surface area (Å²) < 4.78 is 10.5. The van der Waals surface area contributed by atoms with Crippen molar-refractivity contribution in [3.8, 4) is 5.88 Å². The number of nitrogens with one attached hydrogen (secondary N) is 2. The predicted octanol–water partition coefficient (Wildman–Crippen LogP) is 2.24. The van der Waals surface area contributed by atoms with E-state index in [-0.39, 0.29) is 12.1 Å². The van der Waals surface area contributed by atoms with E-state index in [4.69, 9.17) is 9.47 Å². The van der Waals surface area contributed by atoms with Gasteiger partial charge in [0.25, 0.3) is 0 Å². The zero-order valence-electron chi connectivity index (χ0n) is 13.7. The Kier molecular flexibility index (Phi) is 5.24. The summed E-state index contributed by atoms with van der Waals surface area (Å²) in [7, 11) is 1.62. The Morgan fingerprint density at radius 2 is 2.09 bits per heavy atom. The zero-order chi connectivity index (χ0) is 16.2. The molecule has 0 radical (unpaired) electrons. The maximum Gasteiger partial charge on any atom is 0.407 e. The number of methoxy groups -OCH3 is 1. The molecule has 1 aromatic rings. The number of hydrogen-bond acceptors (Lipinski definition) is 5. The summed E-state index contributed by atoms with van der Waals surface area (Å²) in [6, 6.07) is 4.47. The fourth-order valence-corrected chi connectivity index (χ4v) is 2.37. The van der Waals surface area contributed by atoms with Gasteiger partial charge in [0.1, 0.15) is 5.60 Å². The molecule has 0 spiro atoms. The molecule has 2 N–H and O–H groups in total. The number of hydrogen-bond donors (Lipinski definition) is 2. The van der Waals surface area contributed by atoms with Gasteiger partial charge in [-0.25, -0.2) is 9.78 Å². The van der Waals surface area contributed by atoms with Gasteiger partial charge < -0.3 is 20.1 Å². The third-order valence-corrected chi connectivity index (χ3v) is 3.48. The number of ether oxygens (including phenoxy) is 2. The molecule has 1 aromatic heterocycles. The third-order valence-electron chi connectivity index (χ3n) is 3.48. The van der Waals surface area contributed by atoms with Gasteiger partial charge >= 0.3 is 6.09 Å². The molecule has 1 aliphatic rings. The number of nitrogens with zero attached hydrogens (tertiary/aromatic N) is 1. The zero-order valence-corrected chi connectivity index (χ0v) is 13.7. The molecular weight excluding hydrogens is 282 g/mol. The smallest absolute Gasteiger partial charge is 0.407 e. The molecule has 1 heterocycles. The minimum atomic E-state index is -0.456. The average Bonchev–Trinajstić information content (AvgIpc) is 2.39. The summed E-state index contributed by atoms with van der Waals surface area (Å²) in [5.41, 5.74) is 0.580. The maximum absolute atomic E-state index is 11.7. The van der Waals surface area contributed by atoms with E-state index in [1.54, 1.807) is 13.3 Å². The first kappa shape index (κ1) is 16.5. The van der Waals surface area contributed by atoms with Crippen molar-refractivity contribution in [3.05, 3.63) is 23.9 Å². The van der Waals surface area contributed by atoms with Crippen LogP contribution in [0.1, 0.15) is 39.2 Å². The molecule has 1 fully saturated rings. The van der Waals surface area contributed by atoms with Crippen LogP contribution >= 0.6 is 0 Å². The fourth-order valence-electron chi connectivity index (χ4n) is 2.37. The normalized spacial score (nSPS) is 20.9. The van der Waals surface area contributed by atoms with Crippen molar-refractivity contribution >= 4 is 6.09 Å². The number of carbonyl (C=O) groups excluding carboxylic acids is 1. The van der Waals surface area contributed by atoms with E-state index in [9.17, 15) is 4.79 Å². The minimum Gasteiger partial charge on any atom is -0.481 e. The molecule has 1 amide bonds. The Balaban J connectivity index is 1.68. The molecule has 0 aromatic carbocycles. The van der Waals surface area contributed by atoms with E-state index >= 15 is 0 Å². The Morgan fingerprint density at radius 1 is 1.36 bits per heavy atom. The van der Waals surface area contributed by atoms with Crippen molar-refractivity contribution in [1.82, 2.24) is 15.6 Å². The summed E-state index contributed by atoms with van der Waals surface area (Å²) in [5.74, 6) is 0.651. The second kappa shape index (κ2) is 6.96. The number of amides is 1. The second-order valence-corrected chi connectivity index (χ2v) is 6.56. The van der Waals surface area contributed by atoms with Crippen LogP contribution in [0.5, 0.6) is 5.88 Å². The maximum atomic E-state index is 11.7. The molecule has 1 saturated carbocycles. The lowest BCUT2D eigenvalue weighted by Gasteiger charge is -2.36. The van der Waals surface area contributed by atoms with E-state index < -0.39 is 5.60 Å². The van der Waals surface area contributed by atoms with E-state index in [2.05, 4.69) is 15.6 Å². The number of carbonyl (C=O) groups is 1. The van der Waals surface area contributed by atoms with Crippen LogP contribution in [0.2, 0.25) is 0 Å². The molecule has 6 nitrogen and oxygen atoms in total. The van der Waals surface area contributed by atoms with Crippen LogP contribution in [0.4, 0.5) is 4.79 Å². The molecule has 122 valence electrons. The largest absolute Gasteiger partial charge is 0.481 e. The Hall–Kier alpha value is -1.82. The van der Waals surface area contributed by atoms with Gasteiger partial charge in [-0.05, 0) is 39.7 Å². The molecule has 6 heteroatoms. The van der Waals surface area contributed by atoms with E-state index in [0.29, 0.717) is 18.5 Å². The van der Waals surface area contributed by atoms with Gasteiger partial charge in [0.2, 0.25) is 5.88 Å². The van der Waals surface area contributed by atoms with Crippen LogP contribution in [0, 0.1) is 0 Å². The highest BCUT2D eigenvalue weighted by Gasteiger charge is 2.31. The second-order valence-electron chi connectivity index (χ2n) is 6.56. The van der Waals surface area contributed by atoms with Crippen molar-refractivity contribution in [2.75, 3.05) is 7.11 Å². The highest BCUT2D eigenvalue weighted by molar-refractivity contribution is 5.68. The van der Waals surface area contributed by atoms with Crippen LogP contribution in [0.15, 0.2) is 18.3 Å². The van der Waals surface area contributed by atoms with Crippen molar-refractivity contribution in [2.24, 2.45) is 0 Å². The Morgan fingerprint density at radius 3 is 2.73 bits per heavy atom. The molecule has 0 unspecified atom stereocenters. The average molecular weight is 307 g/mol. The SMILES string of the molecule is COc1ncccc1CNC1CC(NC(=O)OC(C)(C)C)C1. The minimum absolute atomic E-state index is 0.183. The summed E-state index contributed by atoms with van der Waals surface area (Å²) in [6.45, 7) is 6.29. The number of rotatable bonds is 5. The Bertz CT molecular complexity index is 508. The van der Waals surface area contributed by atoms with E-state index in [0.717, 1.165) is 18.4 Å². The summed E-state index contributed by atoms with van der Waals surface area (Å²) in [6.07, 6.45) is 3.18. The molecule has 22 heavy (non-hydrogen) atoms. The fraction of sp³-hybridized carbons (Fsp3) is 0.625. The van der Waals surface area contributed by atoms with Crippen LogP contribution in [0.25, 0.3) is 0 Å². The third kappa shape index (κ3) is 4.87. The molecule has 0 bridgehead atoms. The van der Waals surface area contributed by atoms with E-state index in [1.807, 2.05) is 32.9 Å². The van der Waals surface area contributed by atoms with Gasteiger partial charge in [-0.2, -0.15) is 0 Å². The summed E-state index contributed by atoms with van der Waals surface area (Å²) in [4.78, 5) is 15.8. The summed E-state index contributed by atoms with van der Waals surface area (Å²) in [5, 5.41) is 6.33. The van der Waals surface area contributed by atoms with Crippen LogP contribution in [0.3, 0.4) is 0 Å². The van der Waals surface area contributed by atoms with Crippen molar-refractivity contribution in [3.63, 3.8) is 0 Å². The first-order chi connectivity index (χ1) is 10.4. The number of alkyl carbamates (subject to hydrolysis) is 1. The highest BCUT2D eigenvalue weighted by Crippen LogP contribution is 2.22. The summed E-state index contributed by atoms with van der Waals surface area (Å²) >= 11 is 0. The van der Waals surface area contributed by atoms with Crippen LogP contribution in [-0.4, -0.2) is 35.9 Å². The van der Waals surface area contributed by atoms with Crippen molar-refractivity contribution in [2.45, 2.75) is 57.8 Å². The van der Waals surface area contributed by atoms with Gasteiger partial charge in [-0.3, -0.25) is 0 Å². The van der Waals surface area contributed by atoms with Crippen LogP contribution < -0.4 is 15.4 Å². The molecule has 1 aliphatic carbocycles. The lowest BCUT2D eigenvalue weighted by molar-refractivity contribution is 0.0465. The highest BCUT2D eigenvalue weighted by atomic mass is 16.6. The molecule has 2 rings (SSSR count). The first-order valence-electron chi connectivity index (χ1n) is 7.58. The van der Waals surface area contributed by atoms with Gasteiger partial charge in [-0.15, -0.1) is 0 Å². The lowest BCUT2D eigenvalue weighted by atomic mass is 9.87. The van der Waals surface area contributed by atoms with Gasteiger partial charge in [0.15, 0.2) is 0 Å². The number of aromatic nitrogens is 1. The first-order valence-corrected chi connectivity index (χ1v) is 7.58. The predicted molar refractivity (Wildman–Crippen MR) is 83.8 cm³/mol. The quantitative estimate of drug-likeness (QED) is 0.873. The molecule has 0 saturated heterocycles. The van der Waals surface area contributed by atoms with Crippen LogP contribution in [-0.2, 0) is 11.3 Å². The van der Waals surface area contributed by atoms with Gasteiger partial charge in [-0.1, -0.05) is 6.07 Å². The van der Waals surface area contributed by atoms with Crippen molar-refractivity contribution < 1.29 is 14.3 Å². The molecule has 0 atom stereocenters. The Labute approximate surface area is 131 Å². The van der Waals surface area contributed by atoms with Gasteiger partial charge in [0, 0.05) is 30.4 Å².